The second-order valence-electron chi connectivity index (χ2n) is 6.52. The van der Waals surface area contributed by atoms with Crippen LogP contribution in [-0.2, 0) is 0 Å². The van der Waals surface area contributed by atoms with Gasteiger partial charge in [-0.1, -0.05) is 29.8 Å². The van der Waals surface area contributed by atoms with E-state index in [9.17, 15) is 4.79 Å². The minimum Gasteiger partial charge on any atom is -0.337 e. The molecular formula is C20H19ClN4O. The van der Waals surface area contributed by atoms with Crippen LogP contribution in [0.2, 0.25) is 5.02 Å². The maximum Gasteiger partial charge on any atom is 0.271 e. The summed E-state index contributed by atoms with van der Waals surface area (Å²) in [5, 5.41) is 7.33. The Bertz CT molecular complexity index is 910. The number of H-pyrrole nitrogens is 1. The van der Waals surface area contributed by atoms with Crippen molar-refractivity contribution in [3.63, 3.8) is 0 Å². The van der Waals surface area contributed by atoms with E-state index in [1.54, 1.807) is 12.3 Å². The van der Waals surface area contributed by atoms with Crippen molar-refractivity contribution in [3.05, 3.63) is 71.1 Å². The molecule has 5 nitrogen and oxygen atoms in total. The lowest BCUT2D eigenvalue weighted by Gasteiger charge is -2.32. The minimum atomic E-state index is -0.00167. The van der Waals surface area contributed by atoms with Crippen molar-refractivity contribution in [2.45, 2.75) is 18.8 Å². The first-order valence-corrected chi connectivity index (χ1v) is 9.10. The first-order valence-electron chi connectivity index (χ1n) is 8.72. The van der Waals surface area contributed by atoms with Gasteiger partial charge in [0.1, 0.15) is 5.69 Å². The van der Waals surface area contributed by atoms with Crippen LogP contribution in [0.3, 0.4) is 0 Å². The lowest BCUT2D eigenvalue weighted by molar-refractivity contribution is 0.0700. The van der Waals surface area contributed by atoms with Gasteiger partial charge in [-0.3, -0.25) is 14.9 Å². The Balaban J connectivity index is 1.55. The van der Waals surface area contributed by atoms with Gasteiger partial charge < -0.3 is 4.90 Å². The van der Waals surface area contributed by atoms with E-state index in [0.717, 1.165) is 36.3 Å². The summed E-state index contributed by atoms with van der Waals surface area (Å²) in [5.41, 5.74) is 3.46. The van der Waals surface area contributed by atoms with Crippen molar-refractivity contribution in [1.82, 2.24) is 20.1 Å². The highest BCUT2D eigenvalue weighted by Crippen LogP contribution is 2.29. The zero-order valence-corrected chi connectivity index (χ0v) is 15.0. The Labute approximate surface area is 157 Å². The van der Waals surface area contributed by atoms with Crippen LogP contribution in [-0.4, -0.2) is 39.1 Å². The van der Waals surface area contributed by atoms with E-state index in [2.05, 4.69) is 10.2 Å². The van der Waals surface area contributed by atoms with Crippen LogP contribution in [0, 0.1) is 0 Å². The van der Waals surface area contributed by atoms with Crippen molar-refractivity contribution in [1.29, 1.82) is 0 Å². The molecule has 3 heterocycles. The van der Waals surface area contributed by atoms with Gasteiger partial charge in [0.15, 0.2) is 0 Å². The molecule has 3 aromatic rings. The summed E-state index contributed by atoms with van der Waals surface area (Å²) in [6, 6.07) is 15.5. The molecule has 2 aromatic heterocycles. The Morgan fingerprint density at radius 2 is 2.08 bits per heavy atom. The molecule has 1 unspecified atom stereocenters. The lowest BCUT2D eigenvalue weighted by Crippen LogP contribution is -2.39. The van der Waals surface area contributed by atoms with Crippen molar-refractivity contribution >= 4 is 17.5 Å². The average molecular weight is 367 g/mol. The van der Waals surface area contributed by atoms with Gasteiger partial charge in [-0.05, 0) is 43.2 Å². The number of rotatable bonds is 3. The monoisotopic (exact) mass is 366 g/mol. The molecule has 0 spiro atoms. The summed E-state index contributed by atoms with van der Waals surface area (Å²) in [5.74, 6) is 0.230. The van der Waals surface area contributed by atoms with E-state index in [1.165, 1.54) is 0 Å². The number of hydrogen-bond acceptors (Lipinski definition) is 3. The SMILES string of the molecule is O=C(c1ccn[nH]1)N1CCCC(c2cccc(-c3cccc(Cl)c3)n2)C1. The van der Waals surface area contributed by atoms with Gasteiger partial charge in [0.2, 0.25) is 0 Å². The second kappa shape index (κ2) is 7.30. The fraction of sp³-hybridized carbons (Fsp3) is 0.250. The van der Waals surface area contributed by atoms with Crippen molar-refractivity contribution < 1.29 is 4.79 Å². The third-order valence-corrected chi connectivity index (χ3v) is 4.98. The van der Waals surface area contributed by atoms with Crippen molar-refractivity contribution in [2.24, 2.45) is 0 Å². The van der Waals surface area contributed by atoms with Crippen molar-refractivity contribution in [2.75, 3.05) is 13.1 Å². The molecule has 1 aliphatic rings. The highest BCUT2D eigenvalue weighted by Gasteiger charge is 2.27. The number of nitrogens with one attached hydrogen (secondary N) is 1. The van der Waals surface area contributed by atoms with Crippen LogP contribution < -0.4 is 0 Å². The molecule has 0 bridgehead atoms. The molecule has 1 N–H and O–H groups in total. The van der Waals surface area contributed by atoms with Crippen LogP contribution in [0.5, 0.6) is 0 Å². The van der Waals surface area contributed by atoms with E-state index < -0.39 is 0 Å². The molecule has 0 radical (unpaired) electrons. The van der Waals surface area contributed by atoms with Crippen molar-refractivity contribution in [3.8, 4) is 11.3 Å². The number of carbonyl (C=O) groups is 1. The molecule has 1 aliphatic heterocycles. The number of hydrogen-bond donors (Lipinski definition) is 1. The summed E-state index contributed by atoms with van der Waals surface area (Å²) in [6.07, 6.45) is 3.59. The smallest absolute Gasteiger partial charge is 0.271 e. The number of piperidine rings is 1. The third kappa shape index (κ3) is 3.48. The number of halogens is 1. The quantitative estimate of drug-likeness (QED) is 0.757. The highest BCUT2D eigenvalue weighted by molar-refractivity contribution is 6.30. The molecule has 6 heteroatoms. The molecule has 26 heavy (non-hydrogen) atoms. The summed E-state index contributed by atoms with van der Waals surface area (Å²) in [7, 11) is 0. The molecule has 1 saturated heterocycles. The van der Waals surface area contributed by atoms with Gasteiger partial charge >= 0.3 is 0 Å². The lowest BCUT2D eigenvalue weighted by atomic mass is 9.93. The Morgan fingerprint density at radius 1 is 1.19 bits per heavy atom. The number of carbonyl (C=O) groups excluding carboxylic acids is 1. The fourth-order valence-corrected chi connectivity index (χ4v) is 3.63. The van der Waals surface area contributed by atoms with Gasteiger partial charge in [0.05, 0.1) is 5.69 Å². The van der Waals surface area contributed by atoms with Gasteiger partial charge in [-0.25, -0.2) is 0 Å². The summed E-state index contributed by atoms with van der Waals surface area (Å²) >= 11 is 6.11. The van der Waals surface area contributed by atoms with Crippen LogP contribution in [0.15, 0.2) is 54.7 Å². The van der Waals surface area contributed by atoms with Gasteiger partial charge in [0.25, 0.3) is 5.91 Å². The predicted molar refractivity (Wildman–Crippen MR) is 101 cm³/mol. The first-order chi connectivity index (χ1) is 12.7. The van der Waals surface area contributed by atoms with E-state index in [0.29, 0.717) is 17.3 Å². The molecule has 1 fully saturated rings. The fourth-order valence-electron chi connectivity index (χ4n) is 3.44. The van der Waals surface area contributed by atoms with E-state index in [1.807, 2.05) is 47.4 Å². The normalized spacial score (nSPS) is 17.3. The van der Waals surface area contributed by atoms with Crippen LogP contribution in [0.4, 0.5) is 0 Å². The molecule has 4 rings (SSSR count). The molecular weight excluding hydrogens is 348 g/mol. The minimum absolute atomic E-state index is 0.00167. The Kier molecular flexibility index (Phi) is 4.71. The maximum absolute atomic E-state index is 12.6. The topological polar surface area (TPSA) is 61.9 Å². The second-order valence-corrected chi connectivity index (χ2v) is 6.96. The average Bonchev–Trinajstić information content (AvgIpc) is 3.22. The highest BCUT2D eigenvalue weighted by atomic mass is 35.5. The number of pyridine rings is 1. The van der Waals surface area contributed by atoms with Crippen LogP contribution in [0.25, 0.3) is 11.3 Å². The Morgan fingerprint density at radius 3 is 2.88 bits per heavy atom. The standard InChI is InChI=1S/C20H19ClN4O/c21-16-6-1-4-14(12-16)17-7-2-8-18(23-17)15-5-3-11-25(13-15)20(26)19-9-10-22-24-19/h1-2,4,6-10,12,15H,3,5,11,13H2,(H,22,24). The zero-order valence-electron chi connectivity index (χ0n) is 14.2. The number of amides is 1. The molecule has 0 aliphatic carbocycles. The zero-order chi connectivity index (χ0) is 17.9. The van der Waals surface area contributed by atoms with E-state index in [4.69, 9.17) is 16.6 Å². The number of likely N-dealkylation sites (tertiary alicyclic amines) is 1. The number of aromatic nitrogens is 3. The van der Waals surface area contributed by atoms with E-state index >= 15 is 0 Å². The largest absolute Gasteiger partial charge is 0.337 e. The molecule has 132 valence electrons. The maximum atomic E-state index is 12.6. The molecule has 1 atom stereocenters. The van der Waals surface area contributed by atoms with E-state index in [-0.39, 0.29) is 11.8 Å². The van der Waals surface area contributed by atoms with Gasteiger partial charge in [0, 0.05) is 41.5 Å². The van der Waals surface area contributed by atoms with Crippen LogP contribution >= 0.6 is 11.6 Å². The summed E-state index contributed by atoms with van der Waals surface area (Å²) in [4.78, 5) is 19.3. The molecule has 1 amide bonds. The predicted octanol–water partition coefficient (Wildman–Crippen LogP) is 4.14. The van der Waals surface area contributed by atoms with Crippen LogP contribution in [0.1, 0.15) is 34.9 Å². The van der Waals surface area contributed by atoms with Gasteiger partial charge in [-0.15, -0.1) is 0 Å². The first kappa shape index (κ1) is 16.8. The molecule has 1 aromatic carbocycles. The summed E-state index contributed by atoms with van der Waals surface area (Å²) < 4.78 is 0. The van der Waals surface area contributed by atoms with Gasteiger partial charge in [-0.2, -0.15) is 5.10 Å². The third-order valence-electron chi connectivity index (χ3n) is 4.75. The summed E-state index contributed by atoms with van der Waals surface area (Å²) in [6.45, 7) is 1.44. The number of nitrogens with zero attached hydrogens (tertiary/aromatic N) is 3. The number of benzene rings is 1. The Hall–Kier alpha value is -2.66. The molecule has 0 saturated carbocycles. The number of aromatic amines is 1.